The second kappa shape index (κ2) is 6.99. The smallest absolute Gasteiger partial charge is 0.0945 e. The van der Waals surface area contributed by atoms with Gasteiger partial charge >= 0.3 is 0 Å². The number of hydrogen-bond acceptors (Lipinski definition) is 3. The van der Waals surface area contributed by atoms with Crippen LogP contribution in [0.5, 0.6) is 0 Å². The highest BCUT2D eigenvalue weighted by atomic mass is 79.9. The van der Waals surface area contributed by atoms with E-state index in [4.69, 9.17) is 4.74 Å². The summed E-state index contributed by atoms with van der Waals surface area (Å²) >= 11 is 3.48. The van der Waals surface area contributed by atoms with Gasteiger partial charge in [0.1, 0.15) is 0 Å². The molecule has 0 aromatic heterocycles. The second-order valence-electron chi connectivity index (χ2n) is 4.33. The molecule has 17 heavy (non-hydrogen) atoms. The van der Waals surface area contributed by atoms with Gasteiger partial charge in [-0.15, -0.1) is 0 Å². The van der Waals surface area contributed by atoms with Crippen LogP contribution in [0.15, 0.2) is 22.7 Å². The maximum Gasteiger partial charge on any atom is 0.0945 e. The van der Waals surface area contributed by atoms with Crippen LogP contribution < -0.4 is 5.32 Å². The number of anilines is 1. The summed E-state index contributed by atoms with van der Waals surface area (Å²) in [6, 6.07) is 5.96. The molecule has 1 aromatic rings. The van der Waals surface area contributed by atoms with Crippen molar-refractivity contribution in [2.45, 2.75) is 33.0 Å². The molecule has 0 bridgehead atoms. The molecule has 0 saturated carbocycles. The summed E-state index contributed by atoms with van der Waals surface area (Å²) in [5.74, 6) is 0. The van der Waals surface area contributed by atoms with Gasteiger partial charge in [-0.2, -0.15) is 0 Å². The first-order valence-corrected chi connectivity index (χ1v) is 6.58. The van der Waals surface area contributed by atoms with E-state index in [2.05, 4.69) is 21.2 Å². The maximum atomic E-state index is 9.72. The number of halogens is 1. The topological polar surface area (TPSA) is 41.5 Å². The number of aliphatic hydroxyl groups is 1. The predicted molar refractivity (Wildman–Crippen MR) is 74.5 cm³/mol. The average molecular weight is 302 g/mol. The molecule has 1 aromatic carbocycles. The van der Waals surface area contributed by atoms with Gasteiger partial charge in [-0.3, -0.25) is 0 Å². The lowest BCUT2D eigenvalue weighted by atomic mass is 10.2. The van der Waals surface area contributed by atoms with Crippen LogP contribution in [0, 0.1) is 6.92 Å². The fourth-order valence-electron chi connectivity index (χ4n) is 1.39. The monoisotopic (exact) mass is 301 g/mol. The molecule has 0 radical (unpaired) electrons. The first kappa shape index (κ1) is 14.5. The van der Waals surface area contributed by atoms with Crippen molar-refractivity contribution in [2.75, 3.05) is 18.5 Å². The highest BCUT2D eigenvalue weighted by Crippen LogP contribution is 2.23. The molecule has 0 spiro atoms. The number of nitrogens with one attached hydrogen (secondary N) is 1. The van der Waals surface area contributed by atoms with E-state index in [1.54, 1.807) is 0 Å². The van der Waals surface area contributed by atoms with Crippen molar-refractivity contribution in [2.24, 2.45) is 0 Å². The summed E-state index contributed by atoms with van der Waals surface area (Å²) in [7, 11) is 0. The SMILES string of the molecule is Cc1c(Br)cccc1NCC(O)COC(C)C. The van der Waals surface area contributed by atoms with E-state index >= 15 is 0 Å². The molecule has 0 heterocycles. The van der Waals surface area contributed by atoms with E-state index in [-0.39, 0.29) is 6.10 Å². The molecular weight excluding hydrogens is 282 g/mol. The van der Waals surface area contributed by atoms with Crippen molar-refractivity contribution in [1.29, 1.82) is 0 Å². The Bertz CT molecular complexity index is 355. The Kier molecular flexibility index (Phi) is 5.95. The van der Waals surface area contributed by atoms with Crippen LogP contribution >= 0.6 is 15.9 Å². The molecular formula is C13H20BrNO2. The minimum Gasteiger partial charge on any atom is -0.389 e. The van der Waals surface area contributed by atoms with E-state index in [0.29, 0.717) is 13.2 Å². The van der Waals surface area contributed by atoms with Gasteiger partial charge in [-0.1, -0.05) is 22.0 Å². The Labute approximate surface area is 111 Å². The van der Waals surface area contributed by atoms with E-state index in [0.717, 1.165) is 15.7 Å². The van der Waals surface area contributed by atoms with E-state index in [1.807, 2.05) is 39.0 Å². The molecule has 1 rings (SSSR count). The van der Waals surface area contributed by atoms with Crippen molar-refractivity contribution < 1.29 is 9.84 Å². The Morgan fingerprint density at radius 3 is 2.76 bits per heavy atom. The lowest BCUT2D eigenvalue weighted by Crippen LogP contribution is -2.26. The standard InChI is InChI=1S/C13H20BrNO2/c1-9(2)17-8-11(16)7-15-13-6-4-5-12(14)10(13)3/h4-6,9,11,15-16H,7-8H2,1-3H3. The summed E-state index contributed by atoms with van der Waals surface area (Å²) in [6.07, 6.45) is -0.340. The van der Waals surface area contributed by atoms with Gasteiger partial charge in [-0.25, -0.2) is 0 Å². The van der Waals surface area contributed by atoms with Crippen LogP contribution in [0.25, 0.3) is 0 Å². The molecule has 0 aliphatic rings. The molecule has 1 unspecified atom stereocenters. The Balaban J connectivity index is 2.42. The lowest BCUT2D eigenvalue weighted by Gasteiger charge is -2.16. The largest absolute Gasteiger partial charge is 0.389 e. The van der Waals surface area contributed by atoms with Crippen LogP contribution in [0.1, 0.15) is 19.4 Å². The van der Waals surface area contributed by atoms with Gasteiger partial charge in [0.05, 0.1) is 18.8 Å². The Morgan fingerprint density at radius 2 is 2.12 bits per heavy atom. The maximum absolute atomic E-state index is 9.72. The molecule has 0 saturated heterocycles. The number of benzene rings is 1. The minimum absolute atomic E-state index is 0.150. The van der Waals surface area contributed by atoms with E-state index in [1.165, 1.54) is 0 Å². The fourth-order valence-corrected chi connectivity index (χ4v) is 1.76. The zero-order valence-corrected chi connectivity index (χ0v) is 12.1. The predicted octanol–water partition coefficient (Wildman–Crippen LogP) is 2.96. The van der Waals surface area contributed by atoms with Crippen LogP contribution in [-0.2, 0) is 4.74 Å². The van der Waals surface area contributed by atoms with E-state index < -0.39 is 6.10 Å². The number of hydrogen-bond donors (Lipinski definition) is 2. The molecule has 2 N–H and O–H groups in total. The Hall–Kier alpha value is -0.580. The molecule has 0 fully saturated rings. The third-order valence-electron chi connectivity index (χ3n) is 2.42. The normalized spacial score (nSPS) is 12.8. The van der Waals surface area contributed by atoms with Crippen LogP contribution in [0.3, 0.4) is 0 Å². The summed E-state index contributed by atoms with van der Waals surface area (Å²) in [4.78, 5) is 0. The molecule has 96 valence electrons. The first-order chi connectivity index (χ1) is 8.00. The third kappa shape index (κ3) is 5.06. The minimum atomic E-state index is -0.490. The average Bonchev–Trinajstić information content (AvgIpc) is 2.28. The first-order valence-electron chi connectivity index (χ1n) is 5.79. The zero-order chi connectivity index (χ0) is 12.8. The van der Waals surface area contributed by atoms with Gasteiger partial charge in [-0.05, 0) is 38.5 Å². The quantitative estimate of drug-likeness (QED) is 0.849. The molecule has 1 atom stereocenters. The molecule has 4 heteroatoms. The van der Waals surface area contributed by atoms with Crippen molar-refractivity contribution in [3.63, 3.8) is 0 Å². The highest BCUT2D eigenvalue weighted by molar-refractivity contribution is 9.10. The summed E-state index contributed by atoms with van der Waals surface area (Å²) < 4.78 is 6.41. The van der Waals surface area contributed by atoms with Crippen molar-refractivity contribution in [3.05, 3.63) is 28.2 Å². The number of ether oxygens (including phenoxy) is 1. The third-order valence-corrected chi connectivity index (χ3v) is 3.28. The highest BCUT2D eigenvalue weighted by Gasteiger charge is 2.07. The van der Waals surface area contributed by atoms with Gasteiger partial charge in [0, 0.05) is 16.7 Å². The van der Waals surface area contributed by atoms with Gasteiger partial charge in [0.2, 0.25) is 0 Å². The fraction of sp³-hybridized carbons (Fsp3) is 0.538. The molecule has 3 nitrogen and oxygen atoms in total. The van der Waals surface area contributed by atoms with Gasteiger partial charge in [0.15, 0.2) is 0 Å². The van der Waals surface area contributed by atoms with Gasteiger partial charge in [0.25, 0.3) is 0 Å². The van der Waals surface area contributed by atoms with Crippen molar-refractivity contribution in [3.8, 4) is 0 Å². The summed E-state index contributed by atoms with van der Waals surface area (Å²) in [6.45, 7) is 6.79. The number of rotatable bonds is 6. The molecule has 0 aliphatic heterocycles. The second-order valence-corrected chi connectivity index (χ2v) is 5.18. The van der Waals surface area contributed by atoms with Crippen molar-refractivity contribution >= 4 is 21.6 Å². The zero-order valence-electron chi connectivity index (χ0n) is 10.5. The molecule has 0 amide bonds. The van der Waals surface area contributed by atoms with Gasteiger partial charge < -0.3 is 15.2 Å². The number of aliphatic hydroxyl groups excluding tert-OH is 1. The van der Waals surface area contributed by atoms with Crippen molar-refractivity contribution in [1.82, 2.24) is 0 Å². The van der Waals surface area contributed by atoms with Crippen LogP contribution in [-0.4, -0.2) is 30.5 Å². The van der Waals surface area contributed by atoms with E-state index in [9.17, 15) is 5.11 Å². The summed E-state index contributed by atoms with van der Waals surface area (Å²) in [5, 5.41) is 12.9. The van der Waals surface area contributed by atoms with Crippen LogP contribution in [0.4, 0.5) is 5.69 Å². The summed E-state index contributed by atoms with van der Waals surface area (Å²) in [5.41, 5.74) is 2.17. The lowest BCUT2D eigenvalue weighted by molar-refractivity contribution is 0.0112. The Morgan fingerprint density at radius 1 is 1.41 bits per heavy atom. The van der Waals surface area contributed by atoms with Crippen LogP contribution in [0.2, 0.25) is 0 Å². The molecule has 0 aliphatic carbocycles.